The lowest BCUT2D eigenvalue weighted by atomic mass is 10.1. The van der Waals surface area contributed by atoms with Gasteiger partial charge in [-0.1, -0.05) is 0 Å². The summed E-state index contributed by atoms with van der Waals surface area (Å²) in [4.78, 5) is 21.2. The molecule has 0 fully saturated rings. The number of alkyl halides is 3. The summed E-state index contributed by atoms with van der Waals surface area (Å²) in [6.07, 6.45) is -5.43. The third-order valence-corrected chi connectivity index (χ3v) is 2.12. The van der Waals surface area contributed by atoms with Gasteiger partial charge >= 0.3 is 12.3 Å². The van der Waals surface area contributed by atoms with Crippen LogP contribution in [0, 0.1) is 10.1 Å². The van der Waals surface area contributed by atoms with Gasteiger partial charge in [0.15, 0.2) is 0 Å². The molecule has 0 N–H and O–H groups in total. The highest BCUT2D eigenvalue weighted by Gasteiger charge is 2.32. The van der Waals surface area contributed by atoms with Gasteiger partial charge in [0.2, 0.25) is 0 Å². The second-order valence-corrected chi connectivity index (χ2v) is 3.58. The molecule has 20 heavy (non-hydrogen) atoms. The first kappa shape index (κ1) is 15.7. The van der Waals surface area contributed by atoms with Crippen LogP contribution in [0.25, 0.3) is 0 Å². The van der Waals surface area contributed by atoms with Crippen molar-refractivity contribution in [3.8, 4) is 5.75 Å². The second kappa shape index (κ2) is 6.22. The Balaban J connectivity index is 3.06. The van der Waals surface area contributed by atoms with Gasteiger partial charge in [0.25, 0.3) is 5.69 Å². The summed E-state index contributed by atoms with van der Waals surface area (Å²) in [5, 5.41) is 10.7. The molecule has 1 rings (SSSR count). The Hall–Kier alpha value is -2.32. The van der Waals surface area contributed by atoms with Gasteiger partial charge in [-0.2, -0.15) is 0 Å². The summed E-state index contributed by atoms with van der Waals surface area (Å²) in [5.74, 6) is -1.41. The van der Waals surface area contributed by atoms with Gasteiger partial charge in [-0.3, -0.25) is 14.9 Å². The van der Waals surface area contributed by atoms with Crippen LogP contribution in [0.5, 0.6) is 5.75 Å². The molecule has 0 aliphatic carbocycles. The molecule has 0 atom stereocenters. The van der Waals surface area contributed by atoms with Crippen LogP contribution in [0.2, 0.25) is 0 Å². The molecular formula is C11H10F3NO5. The lowest BCUT2D eigenvalue weighted by molar-refractivity contribution is -0.385. The molecule has 0 saturated heterocycles. The van der Waals surface area contributed by atoms with E-state index in [1.807, 2.05) is 0 Å². The number of halogens is 3. The molecule has 0 spiro atoms. The van der Waals surface area contributed by atoms with Crippen LogP contribution in [0.15, 0.2) is 18.2 Å². The van der Waals surface area contributed by atoms with Crippen molar-refractivity contribution in [3.05, 3.63) is 33.9 Å². The molecule has 0 heterocycles. The topological polar surface area (TPSA) is 78.7 Å². The van der Waals surface area contributed by atoms with Gasteiger partial charge in [-0.15, -0.1) is 13.2 Å². The number of hydrogen-bond donors (Lipinski definition) is 0. The Kier molecular flexibility index (Phi) is 4.89. The number of carbonyl (C=O) groups is 1. The Morgan fingerprint density at radius 2 is 2.05 bits per heavy atom. The monoisotopic (exact) mass is 293 g/mol. The second-order valence-electron chi connectivity index (χ2n) is 3.58. The summed E-state index contributed by atoms with van der Waals surface area (Å²) < 4.78 is 44.4. The third-order valence-electron chi connectivity index (χ3n) is 2.12. The third kappa shape index (κ3) is 4.75. The molecule has 0 unspecified atom stereocenters. The molecule has 0 aromatic heterocycles. The van der Waals surface area contributed by atoms with Crippen molar-refractivity contribution in [3.63, 3.8) is 0 Å². The van der Waals surface area contributed by atoms with Crippen molar-refractivity contribution in [2.75, 3.05) is 6.61 Å². The predicted octanol–water partition coefficient (Wildman–Crippen LogP) is 2.60. The summed E-state index contributed by atoms with van der Waals surface area (Å²) in [6, 6.07) is 2.44. The van der Waals surface area contributed by atoms with Crippen molar-refractivity contribution in [1.29, 1.82) is 0 Å². The van der Waals surface area contributed by atoms with Crippen LogP contribution in [0.3, 0.4) is 0 Å². The summed E-state index contributed by atoms with van der Waals surface area (Å²) in [5.41, 5.74) is -0.692. The van der Waals surface area contributed by atoms with Gasteiger partial charge in [0.1, 0.15) is 5.75 Å². The van der Waals surface area contributed by atoms with E-state index in [0.29, 0.717) is 0 Å². The Labute approximate surface area is 111 Å². The highest BCUT2D eigenvalue weighted by molar-refractivity contribution is 5.74. The van der Waals surface area contributed by atoms with Crippen LogP contribution in [-0.2, 0) is 16.0 Å². The molecule has 6 nitrogen and oxygen atoms in total. The van der Waals surface area contributed by atoms with Crippen LogP contribution in [-0.4, -0.2) is 23.9 Å². The maximum atomic E-state index is 12.1. The number of ether oxygens (including phenoxy) is 2. The van der Waals surface area contributed by atoms with E-state index in [-0.39, 0.29) is 12.2 Å². The molecular weight excluding hydrogens is 283 g/mol. The fourth-order valence-electron chi connectivity index (χ4n) is 1.45. The van der Waals surface area contributed by atoms with E-state index in [0.717, 1.165) is 18.2 Å². The maximum Gasteiger partial charge on any atom is 0.573 e. The van der Waals surface area contributed by atoms with E-state index < -0.39 is 35.1 Å². The minimum absolute atomic E-state index is 0.0609. The normalized spacial score (nSPS) is 11.0. The van der Waals surface area contributed by atoms with Gasteiger partial charge in [0, 0.05) is 11.6 Å². The number of nitro groups is 1. The molecule has 110 valence electrons. The summed E-state index contributed by atoms with van der Waals surface area (Å²) in [6.45, 7) is 1.60. The first-order chi connectivity index (χ1) is 9.23. The average molecular weight is 293 g/mol. The van der Waals surface area contributed by atoms with E-state index in [9.17, 15) is 28.1 Å². The smallest absolute Gasteiger partial charge is 0.466 e. The van der Waals surface area contributed by atoms with Crippen LogP contribution < -0.4 is 4.74 Å². The van der Waals surface area contributed by atoms with Crippen LogP contribution >= 0.6 is 0 Å². The van der Waals surface area contributed by atoms with Crippen molar-refractivity contribution >= 4 is 11.7 Å². The molecule has 1 aromatic rings. The molecule has 0 aliphatic rings. The summed E-state index contributed by atoms with van der Waals surface area (Å²) >= 11 is 0. The highest BCUT2D eigenvalue weighted by atomic mass is 19.4. The van der Waals surface area contributed by atoms with Gasteiger partial charge in [-0.25, -0.2) is 0 Å². The number of hydrogen-bond acceptors (Lipinski definition) is 5. The van der Waals surface area contributed by atoms with E-state index in [1.54, 1.807) is 0 Å². The first-order valence-electron chi connectivity index (χ1n) is 5.41. The number of rotatable bonds is 5. The highest BCUT2D eigenvalue weighted by Crippen LogP contribution is 2.28. The van der Waals surface area contributed by atoms with Crippen molar-refractivity contribution in [2.45, 2.75) is 19.7 Å². The number of carbonyl (C=O) groups excluding carboxylic acids is 1. The summed E-state index contributed by atoms with van der Waals surface area (Å²) in [7, 11) is 0. The van der Waals surface area contributed by atoms with E-state index >= 15 is 0 Å². The molecule has 9 heteroatoms. The maximum absolute atomic E-state index is 12.1. The number of nitro benzene ring substituents is 1. The Morgan fingerprint density at radius 3 is 2.55 bits per heavy atom. The molecule has 1 aromatic carbocycles. The van der Waals surface area contributed by atoms with Crippen molar-refractivity contribution in [1.82, 2.24) is 0 Å². The Bertz CT molecular complexity index is 515. The van der Waals surface area contributed by atoms with Gasteiger partial charge in [-0.05, 0) is 19.1 Å². The zero-order valence-corrected chi connectivity index (χ0v) is 10.3. The van der Waals surface area contributed by atoms with E-state index in [1.165, 1.54) is 6.92 Å². The molecule has 0 amide bonds. The number of benzene rings is 1. The van der Waals surface area contributed by atoms with E-state index in [2.05, 4.69) is 9.47 Å². The minimum Gasteiger partial charge on any atom is -0.466 e. The standard InChI is InChI=1S/C11H10F3NO5/c1-2-19-10(16)6-7-5-8(20-11(12,13)14)3-4-9(7)15(17)18/h3-5H,2,6H2,1H3. The zero-order chi connectivity index (χ0) is 15.3. The molecule has 0 aliphatic heterocycles. The predicted molar refractivity (Wildman–Crippen MR) is 60.1 cm³/mol. The van der Waals surface area contributed by atoms with Crippen molar-refractivity contribution < 1.29 is 32.4 Å². The zero-order valence-electron chi connectivity index (χ0n) is 10.3. The average Bonchev–Trinajstić information content (AvgIpc) is 2.26. The molecule has 0 saturated carbocycles. The van der Waals surface area contributed by atoms with E-state index in [4.69, 9.17) is 0 Å². The quantitative estimate of drug-likeness (QED) is 0.473. The fourth-order valence-corrected chi connectivity index (χ4v) is 1.45. The molecule has 0 radical (unpaired) electrons. The number of nitrogens with zero attached hydrogens (tertiary/aromatic N) is 1. The largest absolute Gasteiger partial charge is 0.573 e. The van der Waals surface area contributed by atoms with Crippen molar-refractivity contribution in [2.24, 2.45) is 0 Å². The van der Waals surface area contributed by atoms with Crippen LogP contribution in [0.1, 0.15) is 12.5 Å². The Morgan fingerprint density at radius 1 is 1.40 bits per heavy atom. The SMILES string of the molecule is CCOC(=O)Cc1cc(OC(F)(F)F)ccc1[N+](=O)[O-]. The number of esters is 1. The lowest BCUT2D eigenvalue weighted by Gasteiger charge is -2.10. The lowest BCUT2D eigenvalue weighted by Crippen LogP contribution is -2.17. The first-order valence-corrected chi connectivity index (χ1v) is 5.41. The molecule has 0 bridgehead atoms. The van der Waals surface area contributed by atoms with Crippen LogP contribution in [0.4, 0.5) is 18.9 Å². The fraction of sp³-hybridized carbons (Fsp3) is 0.364. The van der Waals surface area contributed by atoms with Gasteiger partial charge in [0.05, 0.1) is 18.0 Å². The van der Waals surface area contributed by atoms with Gasteiger partial charge < -0.3 is 9.47 Å². The minimum atomic E-state index is -4.92.